The Morgan fingerprint density at radius 2 is 2.21 bits per heavy atom. The molecule has 0 aliphatic rings. The predicted molar refractivity (Wildman–Crippen MR) is 56.1 cm³/mol. The number of hydrogen-bond acceptors (Lipinski definition) is 2. The van der Waals surface area contributed by atoms with Crippen LogP contribution in [0.25, 0.3) is 11.4 Å². The van der Waals surface area contributed by atoms with E-state index in [-0.39, 0.29) is 0 Å². The van der Waals surface area contributed by atoms with E-state index >= 15 is 0 Å². The third kappa shape index (κ3) is 1.51. The van der Waals surface area contributed by atoms with Crippen LogP contribution in [-0.4, -0.2) is 14.5 Å². The van der Waals surface area contributed by atoms with Gasteiger partial charge >= 0.3 is 0 Å². The summed E-state index contributed by atoms with van der Waals surface area (Å²) >= 11 is 5.92. The Balaban J connectivity index is 2.52. The Kier molecular flexibility index (Phi) is 2.50. The van der Waals surface area contributed by atoms with E-state index in [4.69, 9.17) is 11.6 Å². The largest absolute Gasteiger partial charge is 0.314 e. The van der Waals surface area contributed by atoms with Crippen molar-refractivity contribution in [1.82, 2.24) is 14.5 Å². The monoisotopic (exact) mass is 207 g/mol. The van der Waals surface area contributed by atoms with Gasteiger partial charge in [-0.3, -0.25) is 4.98 Å². The van der Waals surface area contributed by atoms with Crippen molar-refractivity contribution in [2.45, 2.75) is 13.5 Å². The molecule has 0 spiro atoms. The van der Waals surface area contributed by atoms with E-state index in [2.05, 4.69) is 9.97 Å². The summed E-state index contributed by atoms with van der Waals surface area (Å²) in [7, 11) is 0. The zero-order valence-corrected chi connectivity index (χ0v) is 8.57. The lowest BCUT2D eigenvalue weighted by atomic mass is 10.3. The molecule has 0 aromatic carbocycles. The highest BCUT2D eigenvalue weighted by molar-refractivity contribution is 6.28. The molecule has 2 rings (SSSR count). The molecule has 0 N–H and O–H groups in total. The Labute approximate surface area is 87.4 Å². The lowest BCUT2D eigenvalue weighted by Crippen LogP contribution is -1.97. The molecule has 0 saturated heterocycles. The van der Waals surface area contributed by atoms with Crippen LogP contribution in [0.2, 0.25) is 5.28 Å². The number of aromatic nitrogens is 3. The number of imidazole rings is 1. The molecular formula is C10H10ClN3. The first-order valence-electron chi connectivity index (χ1n) is 4.45. The first kappa shape index (κ1) is 9.21. The molecule has 0 atom stereocenters. The number of nitrogens with zero attached hydrogens (tertiary/aromatic N) is 3. The summed E-state index contributed by atoms with van der Waals surface area (Å²) < 4.78 is 1.92. The van der Waals surface area contributed by atoms with E-state index in [1.54, 1.807) is 12.4 Å². The average Bonchev–Trinajstić information content (AvgIpc) is 2.61. The van der Waals surface area contributed by atoms with Crippen LogP contribution in [-0.2, 0) is 6.54 Å². The highest BCUT2D eigenvalue weighted by Crippen LogP contribution is 2.20. The second kappa shape index (κ2) is 3.80. The van der Waals surface area contributed by atoms with Gasteiger partial charge in [-0.2, -0.15) is 0 Å². The molecule has 0 saturated carbocycles. The minimum absolute atomic E-state index is 0.508. The van der Waals surface area contributed by atoms with Crippen LogP contribution in [0.5, 0.6) is 0 Å². The van der Waals surface area contributed by atoms with Crippen LogP contribution < -0.4 is 0 Å². The van der Waals surface area contributed by atoms with E-state index < -0.39 is 0 Å². The third-order valence-electron chi connectivity index (χ3n) is 2.05. The topological polar surface area (TPSA) is 30.7 Å². The standard InChI is InChI=1S/C10H10ClN3/c1-2-14-9(7-13-10(14)11)8-5-3-4-6-12-8/h3-7H,2H2,1H3. The summed E-state index contributed by atoms with van der Waals surface area (Å²) in [5.74, 6) is 0. The van der Waals surface area contributed by atoms with Crippen molar-refractivity contribution in [2.24, 2.45) is 0 Å². The van der Waals surface area contributed by atoms with Crippen LogP contribution >= 0.6 is 11.6 Å². The van der Waals surface area contributed by atoms with Crippen molar-refractivity contribution in [3.05, 3.63) is 35.9 Å². The summed E-state index contributed by atoms with van der Waals surface area (Å²) in [5.41, 5.74) is 1.85. The lowest BCUT2D eigenvalue weighted by molar-refractivity contribution is 0.767. The molecule has 2 aromatic heterocycles. The highest BCUT2D eigenvalue weighted by Gasteiger charge is 2.08. The van der Waals surface area contributed by atoms with Crippen LogP contribution in [0.3, 0.4) is 0 Å². The van der Waals surface area contributed by atoms with Crippen molar-refractivity contribution in [1.29, 1.82) is 0 Å². The quantitative estimate of drug-likeness (QED) is 0.758. The number of hydrogen-bond donors (Lipinski definition) is 0. The Morgan fingerprint density at radius 1 is 1.36 bits per heavy atom. The van der Waals surface area contributed by atoms with Gasteiger partial charge in [-0.25, -0.2) is 4.98 Å². The predicted octanol–water partition coefficient (Wildman–Crippen LogP) is 2.62. The van der Waals surface area contributed by atoms with E-state index in [1.165, 1.54) is 0 Å². The zero-order valence-electron chi connectivity index (χ0n) is 7.81. The van der Waals surface area contributed by atoms with Crippen LogP contribution in [0.4, 0.5) is 0 Å². The van der Waals surface area contributed by atoms with E-state index in [9.17, 15) is 0 Å². The van der Waals surface area contributed by atoms with E-state index in [0.717, 1.165) is 17.9 Å². The van der Waals surface area contributed by atoms with Gasteiger partial charge in [0.1, 0.15) is 0 Å². The lowest BCUT2D eigenvalue weighted by Gasteiger charge is -2.04. The van der Waals surface area contributed by atoms with Crippen molar-refractivity contribution in [3.63, 3.8) is 0 Å². The van der Waals surface area contributed by atoms with Gasteiger partial charge in [0.15, 0.2) is 0 Å². The molecule has 4 heteroatoms. The van der Waals surface area contributed by atoms with Gasteiger partial charge in [0.05, 0.1) is 17.6 Å². The van der Waals surface area contributed by atoms with Gasteiger partial charge in [-0.1, -0.05) is 6.07 Å². The van der Waals surface area contributed by atoms with Crippen molar-refractivity contribution in [3.8, 4) is 11.4 Å². The Morgan fingerprint density at radius 3 is 2.86 bits per heavy atom. The summed E-state index contributed by atoms with van der Waals surface area (Å²) in [6, 6.07) is 5.78. The molecule has 14 heavy (non-hydrogen) atoms. The molecular weight excluding hydrogens is 198 g/mol. The highest BCUT2D eigenvalue weighted by atomic mass is 35.5. The second-order valence-corrected chi connectivity index (χ2v) is 3.21. The molecule has 0 fully saturated rings. The fourth-order valence-electron chi connectivity index (χ4n) is 1.37. The average molecular weight is 208 g/mol. The van der Waals surface area contributed by atoms with Crippen LogP contribution in [0.1, 0.15) is 6.92 Å². The molecule has 2 heterocycles. The van der Waals surface area contributed by atoms with Crippen molar-refractivity contribution >= 4 is 11.6 Å². The zero-order chi connectivity index (χ0) is 9.97. The van der Waals surface area contributed by atoms with E-state index in [0.29, 0.717) is 5.28 Å². The first-order valence-corrected chi connectivity index (χ1v) is 4.83. The molecule has 0 bridgehead atoms. The second-order valence-electron chi connectivity index (χ2n) is 2.87. The summed E-state index contributed by atoms with van der Waals surface area (Å²) in [4.78, 5) is 8.30. The van der Waals surface area contributed by atoms with E-state index in [1.807, 2.05) is 29.7 Å². The molecule has 0 unspecified atom stereocenters. The summed E-state index contributed by atoms with van der Waals surface area (Å²) in [6.45, 7) is 2.82. The minimum Gasteiger partial charge on any atom is -0.314 e. The van der Waals surface area contributed by atoms with Gasteiger partial charge in [0, 0.05) is 12.7 Å². The van der Waals surface area contributed by atoms with Crippen molar-refractivity contribution < 1.29 is 0 Å². The molecule has 0 aliphatic heterocycles. The Hall–Kier alpha value is -1.35. The molecule has 0 aliphatic carbocycles. The third-order valence-corrected chi connectivity index (χ3v) is 2.35. The molecule has 72 valence electrons. The van der Waals surface area contributed by atoms with Gasteiger partial charge in [-0.15, -0.1) is 0 Å². The molecule has 2 aromatic rings. The number of pyridine rings is 1. The molecule has 3 nitrogen and oxygen atoms in total. The normalized spacial score (nSPS) is 10.4. The molecule has 0 amide bonds. The fraction of sp³-hybridized carbons (Fsp3) is 0.200. The van der Waals surface area contributed by atoms with Gasteiger partial charge in [0.25, 0.3) is 0 Å². The molecule has 0 radical (unpaired) electrons. The maximum absolute atomic E-state index is 5.92. The van der Waals surface area contributed by atoms with Gasteiger partial charge in [-0.05, 0) is 30.7 Å². The number of rotatable bonds is 2. The summed E-state index contributed by atoms with van der Waals surface area (Å²) in [6.07, 6.45) is 3.50. The summed E-state index contributed by atoms with van der Waals surface area (Å²) in [5, 5.41) is 0.508. The van der Waals surface area contributed by atoms with Crippen LogP contribution in [0.15, 0.2) is 30.6 Å². The Bertz CT molecular complexity index is 422. The SMILES string of the molecule is CCn1c(-c2ccccn2)cnc1Cl. The number of halogens is 1. The smallest absolute Gasteiger partial charge is 0.203 e. The van der Waals surface area contributed by atoms with Gasteiger partial charge in [0.2, 0.25) is 5.28 Å². The van der Waals surface area contributed by atoms with Gasteiger partial charge < -0.3 is 4.57 Å². The van der Waals surface area contributed by atoms with Crippen molar-refractivity contribution in [2.75, 3.05) is 0 Å². The maximum atomic E-state index is 5.92. The minimum atomic E-state index is 0.508. The fourth-order valence-corrected chi connectivity index (χ4v) is 1.63. The maximum Gasteiger partial charge on any atom is 0.203 e. The first-order chi connectivity index (χ1) is 6.83. The van der Waals surface area contributed by atoms with Crippen LogP contribution in [0, 0.1) is 0 Å².